The summed E-state index contributed by atoms with van der Waals surface area (Å²) in [5, 5.41) is 0. The van der Waals surface area contributed by atoms with Gasteiger partial charge in [0, 0.05) is 0 Å². The van der Waals surface area contributed by atoms with Gasteiger partial charge in [0.2, 0.25) is 0 Å². The van der Waals surface area contributed by atoms with Crippen molar-refractivity contribution >= 4 is 0 Å². The Hall–Kier alpha value is 0. The summed E-state index contributed by atoms with van der Waals surface area (Å²) >= 11 is 0. The highest BCUT2D eigenvalue weighted by atomic mass is 14.4. The Bertz CT molecular complexity index is 163. The molecule has 0 heteroatoms. The third kappa shape index (κ3) is 3.23. The summed E-state index contributed by atoms with van der Waals surface area (Å²) in [4.78, 5) is 0. The van der Waals surface area contributed by atoms with Gasteiger partial charge in [-0.2, -0.15) is 0 Å². The Morgan fingerprint density at radius 1 is 1.00 bits per heavy atom. The van der Waals surface area contributed by atoms with Crippen LogP contribution in [0.2, 0.25) is 0 Å². The van der Waals surface area contributed by atoms with E-state index in [2.05, 4.69) is 34.6 Å². The summed E-state index contributed by atoms with van der Waals surface area (Å²) < 4.78 is 0. The Labute approximate surface area is 96.8 Å². The van der Waals surface area contributed by atoms with Gasteiger partial charge in [0.25, 0.3) is 0 Å². The first-order valence-corrected chi connectivity index (χ1v) is 7.00. The lowest BCUT2D eigenvalue weighted by molar-refractivity contribution is 0.0848. The first-order chi connectivity index (χ1) is 7.00. The van der Waals surface area contributed by atoms with E-state index in [1.807, 2.05) is 0 Å². The number of hydrogen-bond donors (Lipinski definition) is 0. The molecule has 1 atom stereocenters. The predicted octanol–water partition coefficient (Wildman–Crippen LogP) is 5.28. The van der Waals surface area contributed by atoms with Crippen LogP contribution < -0.4 is 0 Å². The van der Waals surface area contributed by atoms with E-state index in [0.717, 1.165) is 17.8 Å². The normalized spacial score (nSPS) is 21.2. The van der Waals surface area contributed by atoms with Crippen LogP contribution in [0.5, 0.6) is 0 Å². The van der Waals surface area contributed by atoms with E-state index in [9.17, 15) is 0 Å². The van der Waals surface area contributed by atoms with Crippen molar-refractivity contribution in [2.45, 2.75) is 73.1 Å². The Morgan fingerprint density at radius 2 is 1.47 bits per heavy atom. The molecule has 90 valence electrons. The molecule has 0 saturated heterocycles. The van der Waals surface area contributed by atoms with Crippen molar-refractivity contribution in [1.29, 1.82) is 0 Å². The highest BCUT2D eigenvalue weighted by molar-refractivity contribution is 4.87. The fourth-order valence-electron chi connectivity index (χ4n) is 3.91. The summed E-state index contributed by atoms with van der Waals surface area (Å²) in [6.45, 7) is 12.1. The first-order valence-electron chi connectivity index (χ1n) is 7.00. The van der Waals surface area contributed by atoms with Gasteiger partial charge in [-0.25, -0.2) is 0 Å². The predicted molar refractivity (Wildman–Crippen MR) is 69.0 cm³/mol. The molecule has 1 aliphatic rings. The van der Waals surface area contributed by atoms with Crippen LogP contribution >= 0.6 is 0 Å². The monoisotopic (exact) mass is 210 g/mol. The van der Waals surface area contributed by atoms with Crippen LogP contribution in [0, 0.1) is 23.2 Å². The molecule has 0 N–H and O–H groups in total. The molecule has 0 amide bonds. The molecule has 0 nitrogen and oxygen atoms in total. The van der Waals surface area contributed by atoms with Crippen molar-refractivity contribution in [1.82, 2.24) is 0 Å². The SMILES string of the molecule is CCC(CC)C(C1CCCC1)C(C)(C)C. The molecule has 15 heavy (non-hydrogen) atoms. The van der Waals surface area contributed by atoms with Gasteiger partial charge in [0.15, 0.2) is 0 Å². The number of hydrogen-bond acceptors (Lipinski definition) is 0. The molecule has 0 radical (unpaired) electrons. The molecule has 1 unspecified atom stereocenters. The van der Waals surface area contributed by atoms with E-state index in [1.165, 1.54) is 38.5 Å². The minimum Gasteiger partial charge on any atom is -0.0651 e. The fraction of sp³-hybridized carbons (Fsp3) is 1.00. The summed E-state index contributed by atoms with van der Waals surface area (Å²) in [7, 11) is 0. The second kappa shape index (κ2) is 5.37. The maximum atomic E-state index is 2.45. The lowest BCUT2D eigenvalue weighted by Crippen LogP contribution is -2.33. The Balaban J connectivity index is 2.76. The van der Waals surface area contributed by atoms with Gasteiger partial charge in [-0.1, -0.05) is 73.1 Å². The van der Waals surface area contributed by atoms with Gasteiger partial charge in [0.1, 0.15) is 0 Å². The van der Waals surface area contributed by atoms with Crippen LogP contribution in [-0.2, 0) is 0 Å². The second-order valence-electron chi connectivity index (χ2n) is 6.51. The van der Waals surface area contributed by atoms with Crippen molar-refractivity contribution in [2.24, 2.45) is 23.2 Å². The standard InChI is InChI=1S/C15H30/c1-6-12(7-2)14(15(3,4)5)13-10-8-9-11-13/h12-14H,6-11H2,1-5H3. The van der Waals surface area contributed by atoms with Crippen molar-refractivity contribution in [3.63, 3.8) is 0 Å². The third-order valence-corrected chi connectivity index (χ3v) is 4.46. The second-order valence-corrected chi connectivity index (χ2v) is 6.51. The minimum atomic E-state index is 0.506. The van der Waals surface area contributed by atoms with Crippen LogP contribution in [0.4, 0.5) is 0 Å². The average Bonchev–Trinajstić information content (AvgIpc) is 2.64. The molecule has 0 aromatic heterocycles. The van der Waals surface area contributed by atoms with Crippen LogP contribution in [0.25, 0.3) is 0 Å². The van der Waals surface area contributed by atoms with Gasteiger partial charge < -0.3 is 0 Å². The minimum absolute atomic E-state index is 0.506. The van der Waals surface area contributed by atoms with E-state index >= 15 is 0 Å². The van der Waals surface area contributed by atoms with Crippen molar-refractivity contribution in [3.8, 4) is 0 Å². The van der Waals surface area contributed by atoms with Crippen molar-refractivity contribution < 1.29 is 0 Å². The van der Waals surface area contributed by atoms with Gasteiger partial charge in [-0.05, 0) is 23.2 Å². The zero-order chi connectivity index (χ0) is 11.5. The smallest absolute Gasteiger partial charge is 0.0309 e. The summed E-state index contributed by atoms with van der Waals surface area (Å²) in [5.41, 5.74) is 0.506. The van der Waals surface area contributed by atoms with Gasteiger partial charge in [0.05, 0.1) is 0 Å². The molecule has 0 aliphatic heterocycles. The van der Waals surface area contributed by atoms with Crippen molar-refractivity contribution in [3.05, 3.63) is 0 Å². The molecular weight excluding hydrogens is 180 g/mol. The number of rotatable bonds is 4. The Kier molecular flexibility index (Phi) is 4.67. The molecule has 0 aromatic carbocycles. The maximum absolute atomic E-state index is 2.45. The highest BCUT2D eigenvalue weighted by Gasteiger charge is 2.37. The molecule has 1 saturated carbocycles. The average molecular weight is 210 g/mol. The molecule has 1 aliphatic carbocycles. The molecule has 0 heterocycles. The third-order valence-electron chi connectivity index (χ3n) is 4.46. The zero-order valence-electron chi connectivity index (χ0n) is 11.5. The largest absolute Gasteiger partial charge is 0.0651 e. The maximum Gasteiger partial charge on any atom is -0.0309 e. The van der Waals surface area contributed by atoms with Crippen LogP contribution in [-0.4, -0.2) is 0 Å². The summed E-state index contributed by atoms with van der Waals surface area (Å²) in [6, 6.07) is 0. The highest BCUT2D eigenvalue weighted by Crippen LogP contribution is 2.46. The summed E-state index contributed by atoms with van der Waals surface area (Å²) in [6.07, 6.45) is 8.70. The molecule has 0 spiro atoms. The quantitative estimate of drug-likeness (QED) is 0.592. The van der Waals surface area contributed by atoms with Crippen LogP contribution in [0.15, 0.2) is 0 Å². The van der Waals surface area contributed by atoms with Crippen LogP contribution in [0.1, 0.15) is 73.1 Å². The fourth-order valence-corrected chi connectivity index (χ4v) is 3.91. The zero-order valence-corrected chi connectivity index (χ0v) is 11.5. The summed E-state index contributed by atoms with van der Waals surface area (Å²) in [5.74, 6) is 2.93. The molecule has 0 aromatic rings. The lowest BCUT2D eigenvalue weighted by atomic mass is 9.64. The molecule has 1 fully saturated rings. The van der Waals surface area contributed by atoms with Gasteiger partial charge in [-0.3, -0.25) is 0 Å². The van der Waals surface area contributed by atoms with Gasteiger partial charge >= 0.3 is 0 Å². The molecule has 0 bridgehead atoms. The first kappa shape index (κ1) is 13.1. The van der Waals surface area contributed by atoms with Crippen molar-refractivity contribution in [2.75, 3.05) is 0 Å². The van der Waals surface area contributed by atoms with E-state index in [4.69, 9.17) is 0 Å². The van der Waals surface area contributed by atoms with E-state index in [1.54, 1.807) is 0 Å². The lowest BCUT2D eigenvalue weighted by Gasteiger charge is -2.41. The molecular formula is C15H30. The van der Waals surface area contributed by atoms with E-state index in [0.29, 0.717) is 5.41 Å². The van der Waals surface area contributed by atoms with E-state index < -0.39 is 0 Å². The topological polar surface area (TPSA) is 0 Å². The van der Waals surface area contributed by atoms with Crippen LogP contribution in [0.3, 0.4) is 0 Å². The van der Waals surface area contributed by atoms with Gasteiger partial charge in [-0.15, -0.1) is 0 Å². The molecule has 1 rings (SSSR count). The van der Waals surface area contributed by atoms with E-state index in [-0.39, 0.29) is 0 Å². The Morgan fingerprint density at radius 3 is 1.80 bits per heavy atom.